The summed E-state index contributed by atoms with van der Waals surface area (Å²) in [7, 11) is 1.67. The van der Waals surface area contributed by atoms with E-state index in [9.17, 15) is 4.39 Å². The second kappa shape index (κ2) is 5.47. The van der Waals surface area contributed by atoms with Gasteiger partial charge in [0, 0.05) is 19.2 Å². The van der Waals surface area contributed by atoms with Gasteiger partial charge in [-0.05, 0) is 24.6 Å². The molecule has 1 aromatic carbocycles. The first-order valence-electron chi connectivity index (χ1n) is 6.22. The molecule has 7 heteroatoms. The number of nitrogens with one attached hydrogen (secondary N) is 1. The van der Waals surface area contributed by atoms with Gasteiger partial charge in [0.25, 0.3) is 0 Å². The molecule has 1 saturated heterocycles. The van der Waals surface area contributed by atoms with E-state index in [1.54, 1.807) is 7.11 Å². The van der Waals surface area contributed by atoms with Crippen LogP contribution in [-0.2, 0) is 4.74 Å². The minimum atomic E-state index is -0.400. The van der Waals surface area contributed by atoms with Gasteiger partial charge < -0.3 is 14.6 Å². The van der Waals surface area contributed by atoms with E-state index in [0.717, 1.165) is 13.0 Å². The van der Waals surface area contributed by atoms with Gasteiger partial charge in [-0.1, -0.05) is 16.8 Å². The number of hydrogen-bond acceptors (Lipinski definition) is 5. The molecule has 1 aliphatic heterocycles. The molecule has 3 rings (SSSR count). The van der Waals surface area contributed by atoms with Crippen LogP contribution in [-0.4, -0.2) is 29.9 Å². The highest BCUT2D eigenvalue weighted by Gasteiger charge is 2.29. The maximum Gasteiger partial charge on any atom is 0.244 e. The van der Waals surface area contributed by atoms with Gasteiger partial charge in [0.2, 0.25) is 11.7 Å². The molecule has 0 bridgehead atoms. The Hall–Kier alpha value is -1.50. The van der Waals surface area contributed by atoms with Gasteiger partial charge in [-0.3, -0.25) is 0 Å². The topological polar surface area (TPSA) is 60.2 Å². The predicted octanol–water partition coefficient (Wildman–Crippen LogP) is 2.58. The van der Waals surface area contributed by atoms with Crippen molar-refractivity contribution in [3.63, 3.8) is 0 Å². The normalized spacial score (nSPS) is 22.4. The Balaban J connectivity index is 1.83. The lowest BCUT2D eigenvalue weighted by atomic mass is 10.2. The molecule has 0 unspecified atom stereocenters. The van der Waals surface area contributed by atoms with Crippen LogP contribution in [0.4, 0.5) is 4.39 Å². The van der Waals surface area contributed by atoms with Crippen LogP contribution in [0, 0.1) is 5.82 Å². The molecule has 2 heterocycles. The third-order valence-corrected chi connectivity index (χ3v) is 3.65. The Bertz CT molecular complexity index is 619. The van der Waals surface area contributed by atoms with Crippen molar-refractivity contribution in [2.24, 2.45) is 0 Å². The molecule has 0 saturated carbocycles. The van der Waals surface area contributed by atoms with E-state index in [4.69, 9.17) is 20.9 Å². The van der Waals surface area contributed by atoms with Crippen LogP contribution < -0.4 is 5.32 Å². The number of nitrogens with zero attached hydrogens (tertiary/aromatic N) is 2. The smallest absolute Gasteiger partial charge is 0.244 e. The van der Waals surface area contributed by atoms with Crippen LogP contribution in [0.2, 0.25) is 5.02 Å². The second-order valence-corrected chi connectivity index (χ2v) is 5.04. The molecule has 0 aliphatic carbocycles. The van der Waals surface area contributed by atoms with Gasteiger partial charge in [0.1, 0.15) is 5.82 Å². The molecule has 1 N–H and O–H groups in total. The molecule has 0 radical (unpaired) electrons. The minimum Gasteiger partial charge on any atom is -0.380 e. The third-order valence-electron chi connectivity index (χ3n) is 3.34. The van der Waals surface area contributed by atoms with E-state index in [-0.39, 0.29) is 17.2 Å². The molecule has 5 nitrogen and oxygen atoms in total. The average molecular weight is 298 g/mol. The fraction of sp³-hybridized carbons (Fsp3) is 0.385. The zero-order valence-electron chi connectivity index (χ0n) is 10.8. The summed E-state index contributed by atoms with van der Waals surface area (Å²) >= 11 is 5.98. The summed E-state index contributed by atoms with van der Waals surface area (Å²) in [6, 6.07) is 4.04. The van der Waals surface area contributed by atoms with Crippen molar-refractivity contribution in [1.82, 2.24) is 15.5 Å². The van der Waals surface area contributed by atoms with Crippen molar-refractivity contribution in [2.75, 3.05) is 13.7 Å². The first kappa shape index (κ1) is 13.5. The van der Waals surface area contributed by atoms with Crippen LogP contribution in [0.3, 0.4) is 0 Å². The van der Waals surface area contributed by atoms with E-state index in [1.807, 2.05) is 0 Å². The monoisotopic (exact) mass is 297 g/mol. The molecule has 1 fully saturated rings. The number of aromatic nitrogens is 2. The van der Waals surface area contributed by atoms with Crippen molar-refractivity contribution < 1.29 is 13.7 Å². The summed E-state index contributed by atoms with van der Waals surface area (Å²) in [6.45, 7) is 0.746. The summed E-state index contributed by atoms with van der Waals surface area (Å²) in [5, 5.41) is 7.40. The van der Waals surface area contributed by atoms with Crippen molar-refractivity contribution in [3.8, 4) is 11.4 Å². The van der Waals surface area contributed by atoms with Crippen LogP contribution in [0.1, 0.15) is 18.4 Å². The highest BCUT2D eigenvalue weighted by atomic mass is 35.5. The Kier molecular flexibility index (Phi) is 3.69. The molecule has 2 atom stereocenters. The standard InChI is InChI=1S/C13H13ClFN3O2/c1-19-8-5-11(16-6-8)13-17-12(18-20-13)9-3-2-7(15)4-10(9)14/h2-4,8,11,16H,5-6H2,1H3/t8-,11+/m0/s1. The van der Waals surface area contributed by atoms with Crippen LogP contribution in [0.15, 0.2) is 22.7 Å². The minimum absolute atomic E-state index is 0.0274. The molecule has 20 heavy (non-hydrogen) atoms. The van der Waals surface area contributed by atoms with Crippen molar-refractivity contribution in [2.45, 2.75) is 18.6 Å². The zero-order valence-corrected chi connectivity index (χ0v) is 11.5. The van der Waals surface area contributed by atoms with Crippen molar-refractivity contribution in [1.29, 1.82) is 0 Å². The summed E-state index contributed by atoms with van der Waals surface area (Å²) in [5.41, 5.74) is 0.546. The maximum atomic E-state index is 13.0. The maximum absolute atomic E-state index is 13.0. The Labute approximate surface area is 120 Å². The predicted molar refractivity (Wildman–Crippen MR) is 70.9 cm³/mol. The lowest BCUT2D eigenvalue weighted by Crippen LogP contribution is -2.16. The van der Waals surface area contributed by atoms with Gasteiger partial charge in [0.05, 0.1) is 17.2 Å². The largest absolute Gasteiger partial charge is 0.380 e. The highest BCUT2D eigenvalue weighted by molar-refractivity contribution is 6.33. The van der Waals surface area contributed by atoms with Gasteiger partial charge in [-0.25, -0.2) is 4.39 Å². The molecule has 0 spiro atoms. The molecular formula is C13H13ClFN3O2. The Morgan fingerprint density at radius 3 is 3.05 bits per heavy atom. The molecule has 2 aromatic rings. The third kappa shape index (κ3) is 2.54. The van der Waals surface area contributed by atoms with E-state index < -0.39 is 5.82 Å². The van der Waals surface area contributed by atoms with Gasteiger partial charge in [-0.2, -0.15) is 4.98 Å². The van der Waals surface area contributed by atoms with Crippen molar-refractivity contribution >= 4 is 11.6 Å². The molecule has 1 aromatic heterocycles. The fourth-order valence-corrected chi connectivity index (χ4v) is 2.48. The van der Waals surface area contributed by atoms with Crippen molar-refractivity contribution in [3.05, 3.63) is 34.9 Å². The van der Waals surface area contributed by atoms with Crippen LogP contribution in [0.25, 0.3) is 11.4 Å². The van der Waals surface area contributed by atoms with E-state index in [2.05, 4.69) is 15.5 Å². The number of halogens is 2. The van der Waals surface area contributed by atoms with E-state index >= 15 is 0 Å². The Morgan fingerprint density at radius 1 is 1.50 bits per heavy atom. The Morgan fingerprint density at radius 2 is 2.35 bits per heavy atom. The quantitative estimate of drug-likeness (QED) is 0.943. The number of rotatable bonds is 3. The first-order chi connectivity index (χ1) is 9.67. The number of methoxy groups -OCH3 is 1. The van der Waals surface area contributed by atoms with E-state index in [0.29, 0.717) is 17.3 Å². The average Bonchev–Trinajstić information content (AvgIpc) is 3.07. The summed E-state index contributed by atoms with van der Waals surface area (Å²) in [4.78, 5) is 4.32. The summed E-state index contributed by atoms with van der Waals surface area (Å²) in [5.74, 6) is 0.440. The SMILES string of the molecule is CO[C@@H]1CN[C@@H](c2nc(-c3ccc(F)cc3Cl)no2)C1. The number of benzene rings is 1. The number of ether oxygens (including phenoxy) is 1. The molecular weight excluding hydrogens is 285 g/mol. The van der Waals surface area contributed by atoms with Crippen LogP contribution in [0.5, 0.6) is 0 Å². The molecule has 1 aliphatic rings. The summed E-state index contributed by atoms with van der Waals surface area (Å²) in [6.07, 6.45) is 0.916. The molecule has 106 valence electrons. The fourth-order valence-electron chi connectivity index (χ4n) is 2.23. The lowest BCUT2D eigenvalue weighted by molar-refractivity contribution is 0.116. The second-order valence-electron chi connectivity index (χ2n) is 4.63. The van der Waals surface area contributed by atoms with Gasteiger partial charge >= 0.3 is 0 Å². The first-order valence-corrected chi connectivity index (χ1v) is 6.60. The van der Waals surface area contributed by atoms with Crippen LogP contribution >= 0.6 is 11.6 Å². The summed E-state index contributed by atoms with van der Waals surface area (Å²) < 4.78 is 23.5. The van der Waals surface area contributed by atoms with E-state index in [1.165, 1.54) is 18.2 Å². The highest BCUT2D eigenvalue weighted by Crippen LogP contribution is 2.29. The van der Waals surface area contributed by atoms with Gasteiger partial charge in [0.15, 0.2) is 0 Å². The number of hydrogen-bond donors (Lipinski definition) is 1. The van der Waals surface area contributed by atoms with Gasteiger partial charge in [-0.15, -0.1) is 0 Å². The molecule has 0 amide bonds. The lowest BCUT2D eigenvalue weighted by Gasteiger charge is -2.04. The zero-order chi connectivity index (χ0) is 14.1.